The van der Waals surface area contributed by atoms with Gasteiger partial charge in [0.05, 0.1) is 39.0 Å². The van der Waals surface area contributed by atoms with Gasteiger partial charge in [0.25, 0.3) is 0 Å². The highest BCUT2D eigenvalue weighted by molar-refractivity contribution is 5.98. The largest absolute Gasteiger partial charge is 0.496 e. The van der Waals surface area contributed by atoms with E-state index in [-0.39, 0.29) is 6.61 Å². The molecule has 0 saturated carbocycles. The number of hydrogen-bond acceptors (Lipinski definition) is 5. The van der Waals surface area contributed by atoms with Crippen molar-refractivity contribution >= 4 is 10.8 Å². The molecule has 0 radical (unpaired) electrons. The maximum atomic E-state index is 9.45. The monoisotopic (exact) mass is 263 g/mol. The number of aliphatic hydroxyl groups is 1. The predicted octanol–water partition coefficient (Wildman–Crippen LogP) is 2.06. The SMILES string of the molecule is COc1c(C)c(OC)c2ccnc(CO)c2c1OC. The van der Waals surface area contributed by atoms with Crippen molar-refractivity contribution in [2.45, 2.75) is 13.5 Å². The van der Waals surface area contributed by atoms with Crippen LogP contribution < -0.4 is 14.2 Å². The van der Waals surface area contributed by atoms with E-state index in [9.17, 15) is 5.11 Å². The molecule has 0 fully saturated rings. The molecule has 1 N–H and O–H groups in total. The van der Waals surface area contributed by atoms with Crippen LogP contribution in [0.5, 0.6) is 17.2 Å². The first-order chi connectivity index (χ1) is 9.19. The molecule has 5 heteroatoms. The van der Waals surface area contributed by atoms with Crippen molar-refractivity contribution in [3.8, 4) is 17.2 Å². The number of aliphatic hydroxyl groups excluding tert-OH is 1. The quantitative estimate of drug-likeness (QED) is 0.915. The second-order valence-corrected chi connectivity index (χ2v) is 4.06. The third kappa shape index (κ3) is 1.96. The maximum absolute atomic E-state index is 9.45. The lowest BCUT2D eigenvalue weighted by Gasteiger charge is -2.18. The zero-order valence-corrected chi connectivity index (χ0v) is 11.5. The molecule has 2 rings (SSSR count). The second-order valence-electron chi connectivity index (χ2n) is 4.06. The van der Waals surface area contributed by atoms with E-state index in [1.807, 2.05) is 13.0 Å². The molecule has 1 aromatic heterocycles. The number of nitrogens with zero attached hydrogens (tertiary/aromatic N) is 1. The van der Waals surface area contributed by atoms with E-state index in [0.29, 0.717) is 28.3 Å². The predicted molar refractivity (Wildman–Crippen MR) is 72.1 cm³/mol. The maximum Gasteiger partial charge on any atom is 0.171 e. The summed E-state index contributed by atoms with van der Waals surface area (Å²) < 4.78 is 16.3. The average Bonchev–Trinajstić information content (AvgIpc) is 2.45. The summed E-state index contributed by atoms with van der Waals surface area (Å²) in [5.74, 6) is 1.85. The average molecular weight is 263 g/mol. The molecule has 0 spiro atoms. The molecule has 1 aromatic carbocycles. The van der Waals surface area contributed by atoms with Crippen LogP contribution in [0.1, 0.15) is 11.3 Å². The molecule has 0 saturated heterocycles. The highest BCUT2D eigenvalue weighted by Gasteiger charge is 2.21. The Morgan fingerprint density at radius 2 is 1.68 bits per heavy atom. The lowest BCUT2D eigenvalue weighted by Crippen LogP contribution is -2.01. The van der Waals surface area contributed by atoms with E-state index in [4.69, 9.17) is 14.2 Å². The van der Waals surface area contributed by atoms with Crippen LogP contribution in [0.3, 0.4) is 0 Å². The summed E-state index contributed by atoms with van der Waals surface area (Å²) in [6, 6.07) is 1.84. The molecular weight excluding hydrogens is 246 g/mol. The smallest absolute Gasteiger partial charge is 0.171 e. The van der Waals surface area contributed by atoms with Crippen LogP contribution in [0, 0.1) is 6.92 Å². The molecule has 0 bridgehead atoms. The Hall–Kier alpha value is -2.01. The molecule has 0 aliphatic heterocycles. The van der Waals surface area contributed by atoms with Crippen LogP contribution in [-0.2, 0) is 6.61 Å². The van der Waals surface area contributed by atoms with Crippen molar-refractivity contribution < 1.29 is 19.3 Å². The molecule has 0 aliphatic carbocycles. The minimum absolute atomic E-state index is 0.178. The van der Waals surface area contributed by atoms with Crippen molar-refractivity contribution in [1.82, 2.24) is 4.98 Å². The molecule has 102 valence electrons. The van der Waals surface area contributed by atoms with E-state index >= 15 is 0 Å². The van der Waals surface area contributed by atoms with Crippen molar-refractivity contribution in [2.24, 2.45) is 0 Å². The third-order valence-electron chi connectivity index (χ3n) is 3.15. The fraction of sp³-hybridized carbons (Fsp3) is 0.357. The molecule has 0 unspecified atom stereocenters. The molecule has 1 heterocycles. The van der Waals surface area contributed by atoms with Gasteiger partial charge in [-0.05, 0) is 13.0 Å². The molecule has 2 aromatic rings. The number of benzene rings is 1. The summed E-state index contributed by atoms with van der Waals surface area (Å²) in [4.78, 5) is 4.17. The fourth-order valence-corrected chi connectivity index (χ4v) is 2.36. The van der Waals surface area contributed by atoms with E-state index in [1.54, 1.807) is 27.5 Å². The Morgan fingerprint density at radius 1 is 1.05 bits per heavy atom. The van der Waals surface area contributed by atoms with Crippen LogP contribution in [0.4, 0.5) is 0 Å². The molecule has 0 atom stereocenters. The van der Waals surface area contributed by atoms with Gasteiger partial charge in [-0.1, -0.05) is 0 Å². The van der Waals surface area contributed by atoms with E-state index < -0.39 is 0 Å². The topological polar surface area (TPSA) is 60.8 Å². The van der Waals surface area contributed by atoms with Crippen molar-refractivity contribution in [1.29, 1.82) is 0 Å². The fourth-order valence-electron chi connectivity index (χ4n) is 2.36. The highest BCUT2D eigenvalue weighted by atomic mass is 16.5. The summed E-state index contributed by atoms with van der Waals surface area (Å²) in [5, 5.41) is 11.0. The van der Waals surface area contributed by atoms with E-state index in [1.165, 1.54) is 0 Å². The van der Waals surface area contributed by atoms with Crippen molar-refractivity contribution in [3.63, 3.8) is 0 Å². The van der Waals surface area contributed by atoms with Crippen LogP contribution >= 0.6 is 0 Å². The Morgan fingerprint density at radius 3 is 2.21 bits per heavy atom. The number of fused-ring (bicyclic) bond motifs is 1. The lowest BCUT2D eigenvalue weighted by molar-refractivity contribution is 0.278. The zero-order chi connectivity index (χ0) is 14.0. The summed E-state index contributed by atoms with van der Waals surface area (Å²) in [6.07, 6.45) is 1.64. The Balaban J connectivity index is 3.01. The zero-order valence-electron chi connectivity index (χ0n) is 11.5. The summed E-state index contributed by atoms with van der Waals surface area (Å²) in [5.41, 5.74) is 1.38. The summed E-state index contributed by atoms with van der Waals surface area (Å²) in [7, 11) is 4.75. The van der Waals surface area contributed by atoms with Gasteiger partial charge in [-0.3, -0.25) is 4.98 Å². The first-order valence-corrected chi connectivity index (χ1v) is 5.86. The molecule has 19 heavy (non-hydrogen) atoms. The Kier molecular flexibility index (Phi) is 3.76. The standard InChI is InChI=1S/C14H17NO4/c1-8-12(17-2)9-5-6-15-10(7-16)11(9)14(19-4)13(8)18-3/h5-6,16H,7H2,1-4H3. The summed E-state index contributed by atoms with van der Waals surface area (Å²) >= 11 is 0. The first kappa shape index (κ1) is 13.4. The van der Waals surface area contributed by atoms with Gasteiger partial charge < -0.3 is 19.3 Å². The number of ether oxygens (including phenoxy) is 3. The molecule has 5 nitrogen and oxygen atoms in total. The minimum Gasteiger partial charge on any atom is -0.496 e. The molecular formula is C14H17NO4. The normalized spacial score (nSPS) is 10.6. The number of aromatic nitrogens is 1. The van der Waals surface area contributed by atoms with Gasteiger partial charge in [-0.15, -0.1) is 0 Å². The number of pyridine rings is 1. The van der Waals surface area contributed by atoms with Gasteiger partial charge in [0.15, 0.2) is 11.5 Å². The van der Waals surface area contributed by atoms with Gasteiger partial charge in [0.2, 0.25) is 0 Å². The van der Waals surface area contributed by atoms with Gasteiger partial charge in [-0.2, -0.15) is 0 Å². The van der Waals surface area contributed by atoms with E-state index in [2.05, 4.69) is 4.98 Å². The Bertz CT molecular complexity index is 610. The molecule has 0 amide bonds. The van der Waals surface area contributed by atoms with Crippen LogP contribution in [0.2, 0.25) is 0 Å². The van der Waals surface area contributed by atoms with Crippen LogP contribution in [-0.4, -0.2) is 31.4 Å². The van der Waals surface area contributed by atoms with Crippen molar-refractivity contribution in [2.75, 3.05) is 21.3 Å². The number of hydrogen-bond donors (Lipinski definition) is 1. The third-order valence-corrected chi connectivity index (χ3v) is 3.15. The van der Waals surface area contributed by atoms with Crippen LogP contribution in [0.25, 0.3) is 10.8 Å². The van der Waals surface area contributed by atoms with Gasteiger partial charge in [-0.25, -0.2) is 0 Å². The highest BCUT2D eigenvalue weighted by Crippen LogP contribution is 2.45. The lowest BCUT2D eigenvalue weighted by atomic mass is 10.0. The van der Waals surface area contributed by atoms with E-state index in [0.717, 1.165) is 10.9 Å². The van der Waals surface area contributed by atoms with Gasteiger partial charge in [0, 0.05) is 17.1 Å². The number of rotatable bonds is 4. The van der Waals surface area contributed by atoms with Gasteiger partial charge in [0.1, 0.15) is 5.75 Å². The summed E-state index contributed by atoms with van der Waals surface area (Å²) in [6.45, 7) is 1.72. The molecule has 0 aliphatic rings. The second kappa shape index (κ2) is 5.32. The van der Waals surface area contributed by atoms with Crippen LogP contribution in [0.15, 0.2) is 12.3 Å². The number of methoxy groups -OCH3 is 3. The van der Waals surface area contributed by atoms with Gasteiger partial charge >= 0.3 is 0 Å². The first-order valence-electron chi connectivity index (χ1n) is 5.86. The van der Waals surface area contributed by atoms with Crippen molar-refractivity contribution in [3.05, 3.63) is 23.5 Å². The minimum atomic E-state index is -0.178. The Labute approximate surface area is 111 Å².